The maximum absolute atomic E-state index is 9.71. The molecular formula is C12H17NOS. The van der Waals surface area contributed by atoms with Gasteiger partial charge in [-0.15, -0.1) is 11.3 Å². The Kier molecular flexibility index (Phi) is 2.33. The largest absolute Gasteiger partial charge is 0.396 e. The Morgan fingerprint density at radius 3 is 3.00 bits per heavy atom. The minimum atomic E-state index is 0.178. The minimum Gasteiger partial charge on any atom is -0.396 e. The molecule has 0 radical (unpaired) electrons. The first-order valence-corrected chi connectivity index (χ1v) is 6.75. The van der Waals surface area contributed by atoms with Gasteiger partial charge in [-0.25, -0.2) is 4.98 Å². The van der Waals surface area contributed by atoms with E-state index in [1.807, 2.05) is 5.51 Å². The molecule has 0 spiro atoms. The summed E-state index contributed by atoms with van der Waals surface area (Å²) >= 11 is 1.66. The highest BCUT2D eigenvalue weighted by molar-refractivity contribution is 7.07. The van der Waals surface area contributed by atoms with Crippen molar-refractivity contribution in [3.63, 3.8) is 0 Å². The van der Waals surface area contributed by atoms with Crippen molar-refractivity contribution in [3.8, 4) is 0 Å². The van der Waals surface area contributed by atoms with E-state index in [0.29, 0.717) is 6.61 Å². The number of thiazole rings is 1. The van der Waals surface area contributed by atoms with Crippen molar-refractivity contribution >= 4 is 11.3 Å². The quantitative estimate of drug-likeness (QED) is 0.854. The molecule has 1 N–H and O–H groups in total. The monoisotopic (exact) mass is 223 g/mol. The van der Waals surface area contributed by atoms with Gasteiger partial charge in [-0.1, -0.05) is 6.42 Å². The first-order valence-electron chi connectivity index (χ1n) is 5.80. The number of hydrogen-bond donors (Lipinski definition) is 1. The highest BCUT2D eigenvalue weighted by atomic mass is 32.1. The van der Waals surface area contributed by atoms with Crippen molar-refractivity contribution in [2.45, 2.75) is 32.1 Å². The van der Waals surface area contributed by atoms with Crippen LogP contribution in [0.25, 0.3) is 0 Å². The number of aliphatic hydroxyl groups is 1. The molecule has 82 valence electrons. The van der Waals surface area contributed by atoms with Gasteiger partial charge in [0.1, 0.15) is 0 Å². The highest BCUT2D eigenvalue weighted by Crippen LogP contribution is 2.56. The molecule has 2 saturated carbocycles. The molecule has 3 rings (SSSR count). The van der Waals surface area contributed by atoms with E-state index in [1.165, 1.54) is 31.4 Å². The van der Waals surface area contributed by atoms with E-state index in [9.17, 15) is 5.11 Å². The van der Waals surface area contributed by atoms with E-state index in [0.717, 1.165) is 18.3 Å². The molecule has 0 amide bonds. The lowest BCUT2D eigenvalue weighted by Crippen LogP contribution is -2.34. The Morgan fingerprint density at radius 1 is 1.53 bits per heavy atom. The summed E-state index contributed by atoms with van der Waals surface area (Å²) in [5, 5.41) is 11.8. The smallest absolute Gasteiger partial charge is 0.0794 e. The van der Waals surface area contributed by atoms with Gasteiger partial charge >= 0.3 is 0 Å². The van der Waals surface area contributed by atoms with E-state index >= 15 is 0 Å². The summed E-state index contributed by atoms with van der Waals surface area (Å²) in [4.78, 5) is 4.36. The van der Waals surface area contributed by atoms with E-state index in [4.69, 9.17) is 0 Å². The van der Waals surface area contributed by atoms with E-state index < -0.39 is 0 Å². The fraction of sp³-hybridized carbons (Fsp3) is 0.750. The maximum atomic E-state index is 9.71. The number of rotatable bonds is 3. The molecule has 0 aromatic carbocycles. The van der Waals surface area contributed by atoms with Crippen LogP contribution in [0.2, 0.25) is 0 Å². The fourth-order valence-electron chi connectivity index (χ4n) is 3.71. The fourth-order valence-corrected chi connectivity index (χ4v) is 4.27. The average Bonchev–Trinajstić information content (AvgIpc) is 2.93. The van der Waals surface area contributed by atoms with Crippen LogP contribution in [0.5, 0.6) is 0 Å². The van der Waals surface area contributed by atoms with Crippen LogP contribution < -0.4 is 0 Å². The molecule has 2 bridgehead atoms. The summed E-state index contributed by atoms with van der Waals surface area (Å²) in [6.45, 7) is 0.353. The standard InChI is InChI=1S/C12H17NOS/c14-7-12(5-11-6-15-8-13-11)4-9-1-2-10(12)3-9/h6,8-10,14H,1-5,7H2. The Bertz CT molecular complexity index is 337. The van der Waals surface area contributed by atoms with Gasteiger partial charge in [0.15, 0.2) is 0 Å². The van der Waals surface area contributed by atoms with Crippen molar-refractivity contribution in [1.29, 1.82) is 0 Å². The van der Waals surface area contributed by atoms with Gasteiger partial charge in [-0.3, -0.25) is 0 Å². The number of aliphatic hydroxyl groups excluding tert-OH is 1. The van der Waals surface area contributed by atoms with Crippen molar-refractivity contribution in [2.24, 2.45) is 17.3 Å². The summed E-state index contributed by atoms with van der Waals surface area (Å²) in [5.74, 6) is 1.65. The van der Waals surface area contributed by atoms with E-state index in [-0.39, 0.29) is 5.41 Å². The lowest BCUT2D eigenvalue weighted by molar-refractivity contribution is 0.0643. The topological polar surface area (TPSA) is 33.1 Å². The normalized spacial score (nSPS) is 38.7. The predicted octanol–water partition coefficient (Wildman–Crippen LogP) is 2.48. The van der Waals surface area contributed by atoms with Crippen LogP contribution in [0.3, 0.4) is 0 Å². The average molecular weight is 223 g/mol. The summed E-state index contributed by atoms with van der Waals surface area (Å²) < 4.78 is 0. The second-order valence-corrected chi connectivity index (χ2v) is 5.98. The van der Waals surface area contributed by atoms with E-state index in [1.54, 1.807) is 11.3 Å². The first-order chi connectivity index (χ1) is 7.32. The van der Waals surface area contributed by atoms with Crippen LogP contribution >= 0.6 is 11.3 Å². The Balaban J connectivity index is 1.82. The molecule has 0 aliphatic heterocycles. The molecule has 1 heterocycles. The van der Waals surface area contributed by atoms with Crippen molar-refractivity contribution in [1.82, 2.24) is 4.98 Å². The van der Waals surface area contributed by atoms with Crippen LogP contribution in [-0.4, -0.2) is 16.7 Å². The Hall–Kier alpha value is -0.410. The number of nitrogens with zero attached hydrogens (tertiary/aromatic N) is 1. The van der Waals surface area contributed by atoms with Crippen molar-refractivity contribution in [2.75, 3.05) is 6.61 Å². The lowest BCUT2D eigenvalue weighted by atomic mass is 9.71. The van der Waals surface area contributed by atoms with Gasteiger partial charge in [-0.05, 0) is 37.5 Å². The molecule has 1 aromatic rings. The summed E-state index contributed by atoms with van der Waals surface area (Å²) in [5.41, 5.74) is 3.26. The van der Waals surface area contributed by atoms with Crippen molar-refractivity contribution < 1.29 is 5.11 Å². The van der Waals surface area contributed by atoms with Crippen LogP contribution in [0.4, 0.5) is 0 Å². The van der Waals surface area contributed by atoms with Crippen molar-refractivity contribution in [3.05, 3.63) is 16.6 Å². The zero-order valence-electron chi connectivity index (χ0n) is 8.85. The van der Waals surface area contributed by atoms with Gasteiger partial charge in [0, 0.05) is 17.4 Å². The minimum absolute atomic E-state index is 0.178. The first kappa shape index (κ1) is 9.79. The third kappa shape index (κ3) is 1.53. The third-order valence-corrected chi connectivity index (χ3v) is 5.07. The molecule has 3 heteroatoms. The van der Waals surface area contributed by atoms with Gasteiger partial charge in [0.25, 0.3) is 0 Å². The number of fused-ring (bicyclic) bond motifs is 2. The van der Waals surface area contributed by atoms with Gasteiger partial charge in [0.2, 0.25) is 0 Å². The van der Waals surface area contributed by atoms with Crippen LogP contribution in [0, 0.1) is 17.3 Å². The second-order valence-electron chi connectivity index (χ2n) is 5.26. The van der Waals surface area contributed by atoms with Gasteiger partial charge in [-0.2, -0.15) is 0 Å². The zero-order chi connectivity index (χ0) is 10.3. The summed E-state index contributed by atoms with van der Waals surface area (Å²) in [7, 11) is 0. The number of aromatic nitrogens is 1. The highest BCUT2D eigenvalue weighted by Gasteiger charge is 2.50. The van der Waals surface area contributed by atoms with E-state index in [2.05, 4.69) is 10.4 Å². The molecule has 2 nitrogen and oxygen atoms in total. The molecule has 2 aliphatic carbocycles. The molecule has 1 aromatic heterocycles. The van der Waals surface area contributed by atoms with Crippen LogP contribution in [0.1, 0.15) is 31.4 Å². The summed E-state index contributed by atoms with van der Waals surface area (Å²) in [6, 6.07) is 0. The molecule has 2 fully saturated rings. The molecule has 3 atom stereocenters. The Morgan fingerprint density at radius 2 is 2.47 bits per heavy atom. The number of hydrogen-bond acceptors (Lipinski definition) is 3. The van der Waals surface area contributed by atoms with Crippen LogP contribution in [0.15, 0.2) is 10.9 Å². The van der Waals surface area contributed by atoms with Gasteiger partial charge in [0.05, 0.1) is 11.2 Å². The molecule has 15 heavy (non-hydrogen) atoms. The molecule has 0 saturated heterocycles. The van der Waals surface area contributed by atoms with Crippen LogP contribution in [-0.2, 0) is 6.42 Å². The SMILES string of the molecule is OCC1(Cc2cscn2)CC2CCC1C2. The second kappa shape index (κ2) is 3.56. The van der Waals surface area contributed by atoms with Gasteiger partial charge < -0.3 is 5.11 Å². The lowest BCUT2D eigenvalue weighted by Gasteiger charge is -2.35. The molecular weight excluding hydrogens is 206 g/mol. The molecule has 2 aliphatic rings. The Labute approximate surface area is 94.4 Å². The third-order valence-electron chi connectivity index (χ3n) is 4.43. The predicted molar refractivity (Wildman–Crippen MR) is 60.8 cm³/mol. The summed E-state index contributed by atoms with van der Waals surface area (Å²) in [6.07, 6.45) is 6.30. The maximum Gasteiger partial charge on any atom is 0.0794 e. The zero-order valence-corrected chi connectivity index (χ0v) is 9.67. The molecule has 3 unspecified atom stereocenters.